The molecular formula is C21H22ClN3OS. The average Bonchev–Trinajstić information content (AvgIpc) is 3.08. The molecule has 1 amide bonds. The Morgan fingerprint density at radius 1 is 1.33 bits per heavy atom. The van der Waals surface area contributed by atoms with E-state index in [0.29, 0.717) is 23.2 Å². The summed E-state index contributed by atoms with van der Waals surface area (Å²) in [6, 6.07) is 13.9. The van der Waals surface area contributed by atoms with Crippen molar-refractivity contribution in [3.8, 4) is 0 Å². The largest absolute Gasteiger partial charge is 0.324 e. The van der Waals surface area contributed by atoms with Gasteiger partial charge in [-0.1, -0.05) is 29.8 Å². The van der Waals surface area contributed by atoms with E-state index in [-0.39, 0.29) is 5.91 Å². The van der Waals surface area contributed by atoms with Crippen LogP contribution in [0.3, 0.4) is 0 Å². The van der Waals surface area contributed by atoms with Crippen molar-refractivity contribution in [1.29, 1.82) is 0 Å². The first-order valence-corrected chi connectivity index (χ1v) is 10.4. The molecule has 2 aromatic carbocycles. The number of benzene rings is 2. The first-order chi connectivity index (χ1) is 13.1. The minimum Gasteiger partial charge on any atom is -0.324 e. The number of thiazole rings is 1. The maximum atomic E-state index is 12.5. The Hall–Kier alpha value is -1.95. The molecule has 0 spiro atoms. The van der Waals surface area contributed by atoms with E-state index >= 15 is 0 Å². The van der Waals surface area contributed by atoms with E-state index in [4.69, 9.17) is 16.6 Å². The Morgan fingerprint density at radius 2 is 2.19 bits per heavy atom. The highest BCUT2D eigenvalue weighted by Crippen LogP contribution is 2.33. The van der Waals surface area contributed by atoms with Crippen molar-refractivity contribution in [3.63, 3.8) is 0 Å². The highest BCUT2D eigenvalue weighted by Gasteiger charge is 2.25. The zero-order valence-corrected chi connectivity index (χ0v) is 16.8. The Bertz CT molecular complexity index is 938. The number of likely N-dealkylation sites (tertiary alicyclic amines) is 1. The molecule has 1 aliphatic rings. The normalized spacial score (nSPS) is 17.9. The molecule has 0 aliphatic carbocycles. The van der Waals surface area contributed by atoms with Crippen molar-refractivity contribution in [1.82, 2.24) is 9.88 Å². The second-order valence-electron chi connectivity index (χ2n) is 7.13. The van der Waals surface area contributed by atoms with Crippen LogP contribution in [0.15, 0.2) is 42.5 Å². The molecule has 0 unspecified atom stereocenters. The molecule has 6 heteroatoms. The number of carbonyl (C=O) groups is 1. The third-order valence-corrected chi connectivity index (χ3v) is 6.44. The molecule has 2 heterocycles. The fourth-order valence-corrected chi connectivity index (χ4v) is 4.96. The van der Waals surface area contributed by atoms with Gasteiger partial charge in [-0.15, -0.1) is 11.3 Å². The fraction of sp³-hybridized carbons (Fsp3) is 0.333. The van der Waals surface area contributed by atoms with Crippen molar-refractivity contribution in [3.05, 3.63) is 58.1 Å². The first-order valence-electron chi connectivity index (χ1n) is 9.22. The number of carbonyl (C=O) groups excluding carboxylic acids is 1. The van der Waals surface area contributed by atoms with Crippen LogP contribution < -0.4 is 5.32 Å². The first kappa shape index (κ1) is 18.4. The summed E-state index contributed by atoms with van der Waals surface area (Å²) < 4.78 is 1.23. The Labute approximate surface area is 168 Å². The molecule has 4 nitrogen and oxygen atoms in total. The number of hydrogen-bond donors (Lipinski definition) is 1. The molecule has 1 saturated heterocycles. The number of nitrogens with one attached hydrogen (secondary N) is 1. The number of piperidine rings is 1. The smallest absolute Gasteiger partial charge is 0.238 e. The van der Waals surface area contributed by atoms with E-state index in [1.165, 1.54) is 9.71 Å². The predicted molar refractivity (Wildman–Crippen MR) is 113 cm³/mol. The van der Waals surface area contributed by atoms with Crippen LogP contribution in [0.5, 0.6) is 0 Å². The summed E-state index contributed by atoms with van der Waals surface area (Å²) in [5, 5.41) is 4.70. The molecule has 1 N–H and O–H groups in total. The molecule has 0 bridgehead atoms. The lowest BCUT2D eigenvalue weighted by molar-refractivity contribution is -0.117. The van der Waals surface area contributed by atoms with Gasteiger partial charge >= 0.3 is 0 Å². The van der Waals surface area contributed by atoms with Gasteiger partial charge in [-0.05, 0) is 56.1 Å². The van der Waals surface area contributed by atoms with Gasteiger partial charge in [-0.2, -0.15) is 0 Å². The van der Waals surface area contributed by atoms with Gasteiger partial charge < -0.3 is 5.32 Å². The zero-order valence-electron chi connectivity index (χ0n) is 15.2. The van der Waals surface area contributed by atoms with Crippen molar-refractivity contribution in [2.45, 2.75) is 25.7 Å². The number of halogens is 1. The summed E-state index contributed by atoms with van der Waals surface area (Å²) in [6.45, 7) is 4.17. The van der Waals surface area contributed by atoms with Crippen LogP contribution in [-0.4, -0.2) is 35.4 Å². The summed E-state index contributed by atoms with van der Waals surface area (Å²) in [4.78, 5) is 19.5. The lowest BCUT2D eigenvalue weighted by Gasteiger charge is -2.31. The monoisotopic (exact) mass is 399 g/mol. The molecule has 1 fully saturated rings. The molecule has 1 aliphatic heterocycles. The quantitative estimate of drug-likeness (QED) is 0.665. The van der Waals surface area contributed by atoms with E-state index in [2.05, 4.69) is 28.4 Å². The van der Waals surface area contributed by atoms with E-state index in [0.717, 1.165) is 37.0 Å². The van der Waals surface area contributed by atoms with Crippen molar-refractivity contribution in [2.75, 3.05) is 25.0 Å². The summed E-state index contributed by atoms with van der Waals surface area (Å²) >= 11 is 8.00. The highest BCUT2D eigenvalue weighted by molar-refractivity contribution is 7.18. The van der Waals surface area contributed by atoms with Crippen LogP contribution in [0, 0.1) is 6.92 Å². The lowest BCUT2D eigenvalue weighted by Crippen LogP contribution is -2.39. The number of aryl methyl sites for hydroxylation is 1. The van der Waals surface area contributed by atoms with Crippen molar-refractivity contribution >= 4 is 44.7 Å². The predicted octanol–water partition coefficient (Wildman–Crippen LogP) is 5.08. The van der Waals surface area contributed by atoms with E-state index in [1.807, 2.05) is 31.2 Å². The van der Waals surface area contributed by atoms with Gasteiger partial charge in [0, 0.05) is 12.5 Å². The maximum absolute atomic E-state index is 12.5. The van der Waals surface area contributed by atoms with Gasteiger partial charge in [-0.3, -0.25) is 9.69 Å². The number of nitrogens with zero attached hydrogens (tertiary/aromatic N) is 2. The van der Waals surface area contributed by atoms with Crippen LogP contribution in [0.4, 0.5) is 5.69 Å². The maximum Gasteiger partial charge on any atom is 0.238 e. The Kier molecular flexibility index (Phi) is 5.43. The van der Waals surface area contributed by atoms with Gasteiger partial charge in [0.15, 0.2) is 0 Å². The zero-order chi connectivity index (χ0) is 18.8. The summed E-state index contributed by atoms with van der Waals surface area (Å²) in [5.74, 6) is 0.373. The summed E-state index contributed by atoms with van der Waals surface area (Å²) in [6.07, 6.45) is 2.21. The minimum atomic E-state index is -0.0225. The molecule has 3 aromatic rings. The number of rotatable bonds is 4. The highest BCUT2D eigenvalue weighted by atomic mass is 35.5. The Balaban J connectivity index is 1.40. The average molecular weight is 400 g/mol. The lowest BCUT2D eigenvalue weighted by atomic mass is 9.99. The van der Waals surface area contributed by atoms with Crippen LogP contribution in [-0.2, 0) is 4.79 Å². The van der Waals surface area contributed by atoms with Crippen LogP contribution in [0.25, 0.3) is 10.2 Å². The van der Waals surface area contributed by atoms with Gasteiger partial charge in [0.25, 0.3) is 0 Å². The second-order valence-corrected chi connectivity index (χ2v) is 8.59. The summed E-state index contributed by atoms with van der Waals surface area (Å²) in [7, 11) is 0. The molecular weight excluding hydrogens is 378 g/mol. The number of aromatic nitrogens is 1. The number of para-hydroxylation sites is 1. The molecule has 0 radical (unpaired) electrons. The van der Waals surface area contributed by atoms with Gasteiger partial charge in [0.2, 0.25) is 5.91 Å². The fourth-order valence-electron chi connectivity index (χ4n) is 3.58. The van der Waals surface area contributed by atoms with Crippen LogP contribution in [0.1, 0.15) is 29.3 Å². The molecule has 27 heavy (non-hydrogen) atoms. The standard InChI is InChI=1S/C21H22ClN3OS/c1-14-8-9-17(16(22)11-14)23-20(26)13-25-10-4-5-15(12-25)21-24-18-6-2-3-7-19(18)27-21/h2-3,6-9,11,15H,4-5,10,12-13H2,1H3,(H,23,26)/t15-/m1/s1. The van der Waals surface area contributed by atoms with Crippen LogP contribution in [0.2, 0.25) is 5.02 Å². The van der Waals surface area contributed by atoms with Crippen molar-refractivity contribution < 1.29 is 4.79 Å². The third-order valence-electron chi connectivity index (χ3n) is 4.93. The van der Waals surface area contributed by atoms with E-state index < -0.39 is 0 Å². The Morgan fingerprint density at radius 3 is 3.00 bits per heavy atom. The summed E-state index contributed by atoms with van der Waals surface area (Å²) in [5.41, 5.74) is 2.82. The minimum absolute atomic E-state index is 0.0225. The topological polar surface area (TPSA) is 45.2 Å². The molecule has 140 valence electrons. The second kappa shape index (κ2) is 7.97. The van der Waals surface area contributed by atoms with E-state index in [9.17, 15) is 4.79 Å². The van der Waals surface area contributed by atoms with Crippen molar-refractivity contribution in [2.24, 2.45) is 0 Å². The van der Waals surface area contributed by atoms with Gasteiger partial charge in [0.1, 0.15) is 0 Å². The molecule has 1 aromatic heterocycles. The number of anilines is 1. The van der Waals surface area contributed by atoms with Crippen LogP contribution >= 0.6 is 22.9 Å². The SMILES string of the molecule is Cc1ccc(NC(=O)CN2CCC[C@@H](c3nc4ccccc4s3)C2)c(Cl)c1. The third kappa shape index (κ3) is 4.32. The van der Waals surface area contributed by atoms with E-state index in [1.54, 1.807) is 11.3 Å². The number of hydrogen-bond acceptors (Lipinski definition) is 4. The van der Waals surface area contributed by atoms with Gasteiger partial charge in [-0.25, -0.2) is 4.98 Å². The van der Waals surface area contributed by atoms with Gasteiger partial charge in [0.05, 0.1) is 32.5 Å². The molecule has 0 saturated carbocycles. The number of amides is 1. The molecule has 4 rings (SSSR count). The number of fused-ring (bicyclic) bond motifs is 1. The molecule has 1 atom stereocenters.